The lowest BCUT2D eigenvalue weighted by atomic mass is 9.93. The highest BCUT2D eigenvalue weighted by atomic mass is 35.5. The SMILES string of the molecule is Cc1c(C(=O)NNC(=O)c2ccccc2Cl)oc2c1/C(=N/NC(=O)c1ccncc1)CCC2. The van der Waals surface area contributed by atoms with Crippen LogP contribution in [0.5, 0.6) is 0 Å². The van der Waals surface area contributed by atoms with Gasteiger partial charge in [-0.2, -0.15) is 5.10 Å². The van der Waals surface area contributed by atoms with E-state index in [9.17, 15) is 14.4 Å². The van der Waals surface area contributed by atoms with Crippen LogP contribution in [-0.2, 0) is 6.42 Å². The molecule has 168 valence electrons. The Balaban J connectivity index is 1.49. The van der Waals surface area contributed by atoms with Crippen molar-refractivity contribution in [2.24, 2.45) is 5.10 Å². The number of aromatic nitrogens is 1. The largest absolute Gasteiger partial charge is 0.455 e. The third-order valence-electron chi connectivity index (χ3n) is 5.17. The molecule has 2 heterocycles. The molecule has 2 aromatic heterocycles. The van der Waals surface area contributed by atoms with Crippen LogP contribution in [0.4, 0.5) is 0 Å². The van der Waals surface area contributed by atoms with Crippen molar-refractivity contribution in [2.45, 2.75) is 26.2 Å². The monoisotopic (exact) mass is 465 g/mol. The van der Waals surface area contributed by atoms with Crippen molar-refractivity contribution in [1.29, 1.82) is 0 Å². The van der Waals surface area contributed by atoms with Crippen LogP contribution in [-0.4, -0.2) is 28.4 Å². The summed E-state index contributed by atoms with van der Waals surface area (Å²) >= 11 is 6.01. The molecule has 0 fully saturated rings. The number of nitrogens with one attached hydrogen (secondary N) is 3. The molecule has 1 aliphatic carbocycles. The fourth-order valence-corrected chi connectivity index (χ4v) is 3.79. The molecule has 1 aromatic carbocycles. The molecular formula is C23H20ClN5O4. The highest BCUT2D eigenvalue weighted by Crippen LogP contribution is 2.29. The minimum Gasteiger partial charge on any atom is -0.455 e. The lowest BCUT2D eigenvalue weighted by Crippen LogP contribution is -2.41. The number of rotatable bonds is 4. The van der Waals surface area contributed by atoms with Gasteiger partial charge >= 0.3 is 5.91 Å². The van der Waals surface area contributed by atoms with Gasteiger partial charge in [-0.3, -0.25) is 30.2 Å². The van der Waals surface area contributed by atoms with Crippen molar-refractivity contribution >= 4 is 35.0 Å². The first-order chi connectivity index (χ1) is 16.0. The van der Waals surface area contributed by atoms with E-state index in [4.69, 9.17) is 16.0 Å². The van der Waals surface area contributed by atoms with Crippen LogP contribution in [0.25, 0.3) is 0 Å². The maximum absolute atomic E-state index is 12.7. The van der Waals surface area contributed by atoms with E-state index in [1.165, 1.54) is 12.4 Å². The van der Waals surface area contributed by atoms with Gasteiger partial charge in [-0.15, -0.1) is 0 Å². The third-order valence-corrected chi connectivity index (χ3v) is 5.50. The lowest BCUT2D eigenvalue weighted by molar-refractivity contribution is 0.0829. The van der Waals surface area contributed by atoms with Gasteiger partial charge < -0.3 is 4.42 Å². The number of hydrazone groups is 1. The quantitative estimate of drug-likeness (QED) is 0.510. The number of fused-ring (bicyclic) bond motifs is 1. The fourth-order valence-electron chi connectivity index (χ4n) is 3.57. The van der Waals surface area contributed by atoms with Crippen LogP contribution in [0.15, 0.2) is 58.3 Å². The Labute approximate surface area is 194 Å². The first-order valence-corrected chi connectivity index (χ1v) is 10.6. The van der Waals surface area contributed by atoms with Gasteiger partial charge in [0.25, 0.3) is 11.8 Å². The Morgan fingerprint density at radius 1 is 1.00 bits per heavy atom. The Morgan fingerprint density at radius 3 is 2.48 bits per heavy atom. The van der Waals surface area contributed by atoms with Crippen LogP contribution >= 0.6 is 11.6 Å². The van der Waals surface area contributed by atoms with Gasteiger partial charge in [-0.1, -0.05) is 23.7 Å². The Morgan fingerprint density at radius 2 is 1.73 bits per heavy atom. The normalized spacial score (nSPS) is 13.8. The standard InChI is InChI=1S/C23H20ClN5O4/c1-13-19-17(26-27-21(30)14-9-11-25-12-10-14)7-4-8-18(19)33-20(13)23(32)29-28-22(31)15-5-2-3-6-16(15)24/h2-3,5-6,9-12H,4,7-8H2,1H3,(H,27,30)(H,28,31)(H,29,32)/b26-17+. The molecule has 0 atom stereocenters. The summed E-state index contributed by atoms with van der Waals surface area (Å²) in [6.45, 7) is 1.73. The number of hydrogen-bond donors (Lipinski definition) is 3. The maximum atomic E-state index is 12.7. The number of pyridine rings is 1. The summed E-state index contributed by atoms with van der Waals surface area (Å²) in [7, 11) is 0. The number of benzene rings is 1. The molecular weight excluding hydrogens is 446 g/mol. The number of halogens is 1. The molecule has 0 radical (unpaired) electrons. The van der Waals surface area contributed by atoms with Gasteiger partial charge in [-0.05, 0) is 44.0 Å². The zero-order valence-electron chi connectivity index (χ0n) is 17.6. The first kappa shape index (κ1) is 22.2. The highest BCUT2D eigenvalue weighted by Gasteiger charge is 2.28. The van der Waals surface area contributed by atoms with E-state index in [2.05, 4.69) is 26.4 Å². The van der Waals surface area contributed by atoms with Gasteiger partial charge in [0.15, 0.2) is 5.76 Å². The van der Waals surface area contributed by atoms with Gasteiger partial charge in [0.05, 0.1) is 16.3 Å². The van der Waals surface area contributed by atoms with Crippen molar-refractivity contribution in [1.82, 2.24) is 21.3 Å². The Hall–Kier alpha value is -3.98. The zero-order chi connectivity index (χ0) is 23.4. The van der Waals surface area contributed by atoms with Crippen molar-refractivity contribution in [3.8, 4) is 0 Å². The summed E-state index contributed by atoms with van der Waals surface area (Å²) in [6.07, 6.45) is 5.06. The van der Waals surface area contributed by atoms with Gasteiger partial charge in [-0.25, -0.2) is 5.43 Å². The van der Waals surface area contributed by atoms with Gasteiger partial charge in [0.2, 0.25) is 0 Å². The summed E-state index contributed by atoms with van der Waals surface area (Å²) < 4.78 is 5.79. The zero-order valence-corrected chi connectivity index (χ0v) is 18.4. The maximum Gasteiger partial charge on any atom is 0.305 e. The summed E-state index contributed by atoms with van der Waals surface area (Å²) in [4.78, 5) is 41.2. The van der Waals surface area contributed by atoms with Crippen LogP contribution < -0.4 is 16.3 Å². The number of furan rings is 1. The molecule has 0 unspecified atom stereocenters. The van der Waals surface area contributed by atoms with E-state index in [0.717, 1.165) is 6.42 Å². The van der Waals surface area contributed by atoms with E-state index in [0.29, 0.717) is 41.0 Å². The van der Waals surface area contributed by atoms with Crippen LogP contribution in [0.1, 0.15) is 61.0 Å². The number of aryl methyl sites for hydroxylation is 1. The number of hydrazine groups is 1. The molecule has 0 aliphatic heterocycles. The number of carbonyl (C=O) groups is 3. The van der Waals surface area contributed by atoms with Crippen molar-refractivity contribution in [3.05, 3.63) is 87.6 Å². The number of hydrogen-bond acceptors (Lipinski definition) is 6. The molecule has 3 N–H and O–H groups in total. The van der Waals surface area contributed by atoms with Crippen LogP contribution in [0.3, 0.4) is 0 Å². The lowest BCUT2D eigenvalue weighted by Gasteiger charge is -2.13. The molecule has 3 amide bonds. The second-order valence-electron chi connectivity index (χ2n) is 7.33. The van der Waals surface area contributed by atoms with Crippen LogP contribution in [0, 0.1) is 6.92 Å². The first-order valence-electron chi connectivity index (χ1n) is 10.2. The minimum absolute atomic E-state index is 0.0644. The van der Waals surface area contributed by atoms with E-state index < -0.39 is 11.8 Å². The molecule has 0 spiro atoms. The molecule has 0 bridgehead atoms. The summed E-state index contributed by atoms with van der Waals surface area (Å²) in [6, 6.07) is 9.67. The molecule has 3 aromatic rings. The molecule has 33 heavy (non-hydrogen) atoms. The Bertz CT molecular complexity index is 1250. The predicted molar refractivity (Wildman–Crippen MR) is 121 cm³/mol. The molecule has 10 heteroatoms. The minimum atomic E-state index is -0.609. The molecule has 9 nitrogen and oxygen atoms in total. The van der Waals surface area contributed by atoms with Crippen LogP contribution in [0.2, 0.25) is 5.02 Å². The smallest absolute Gasteiger partial charge is 0.305 e. The number of nitrogens with zero attached hydrogens (tertiary/aromatic N) is 2. The van der Waals surface area contributed by atoms with E-state index in [1.54, 1.807) is 43.3 Å². The third kappa shape index (κ3) is 4.78. The summed E-state index contributed by atoms with van der Waals surface area (Å²) in [5.74, 6) is -0.849. The van der Waals surface area contributed by atoms with Crippen molar-refractivity contribution in [2.75, 3.05) is 0 Å². The molecule has 4 rings (SSSR count). The van der Waals surface area contributed by atoms with E-state index >= 15 is 0 Å². The summed E-state index contributed by atoms with van der Waals surface area (Å²) in [5.41, 5.74) is 9.80. The molecule has 1 aliphatic rings. The summed E-state index contributed by atoms with van der Waals surface area (Å²) in [5, 5.41) is 4.55. The second-order valence-corrected chi connectivity index (χ2v) is 7.74. The van der Waals surface area contributed by atoms with E-state index in [1.807, 2.05) is 0 Å². The number of carbonyl (C=O) groups excluding carboxylic acids is 3. The van der Waals surface area contributed by atoms with Crippen molar-refractivity contribution in [3.63, 3.8) is 0 Å². The highest BCUT2D eigenvalue weighted by molar-refractivity contribution is 6.33. The fraction of sp³-hybridized carbons (Fsp3) is 0.174. The Kier molecular flexibility index (Phi) is 6.50. The van der Waals surface area contributed by atoms with Crippen molar-refractivity contribution < 1.29 is 18.8 Å². The average molecular weight is 466 g/mol. The average Bonchev–Trinajstić information content (AvgIpc) is 3.18. The molecule has 0 saturated carbocycles. The molecule has 0 saturated heterocycles. The van der Waals surface area contributed by atoms with E-state index in [-0.39, 0.29) is 22.3 Å². The predicted octanol–water partition coefficient (Wildman–Crippen LogP) is 3.18. The van der Waals surface area contributed by atoms with Gasteiger partial charge in [0, 0.05) is 35.5 Å². The second kappa shape index (κ2) is 9.66. The van der Waals surface area contributed by atoms with Gasteiger partial charge in [0.1, 0.15) is 5.76 Å². The topological polar surface area (TPSA) is 126 Å². The number of amides is 3.